The Labute approximate surface area is 89.1 Å². The maximum atomic E-state index is 10.6. The lowest BCUT2D eigenvalue weighted by Gasteiger charge is -2.07. The van der Waals surface area contributed by atoms with E-state index in [0.29, 0.717) is 11.3 Å². The van der Waals surface area contributed by atoms with Gasteiger partial charge < -0.3 is 11.1 Å². The molecular formula is C8H10N2O2S2. The van der Waals surface area contributed by atoms with Gasteiger partial charge in [0.2, 0.25) is 0 Å². The molecule has 0 radical (unpaired) electrons. The normalized spacial score (nSPS) is 10.1. The number of thiocarbonyl (C=S) groups is 1. The van der Waals surface area contributed by atoms with Gasteiger partial charge in [-0.25, -0.2) is 8.42 Å². The molecule has 0 saturated carbocycles. The zero-order valence-electron chi connectivity index (χ0n) is 7.27. The van der Waals surface area contributed by atoms with Crippen LogP contribution in [0.1, 0.15) is 5.56 Å². The van der Waals surface area contributed by atoms with E-state index in [0.717, 1.165) is 0 Å². The van der Waals surface area contributed by atoms with Gasteiger partial charge in [-0.15, -0.1) is 0 Å². The van der Waals surface area contributed by atoms with Crippen LogP contribution in [0.5, 0.6) is 0 Å². The number of thiol groups is 1. The smallest absolute Gasteiger partial charge is 0.168 e. The number of hydrogen-bond acceptors (Lipinski definition) is 3. The quantitative estimate of drug-likeness (QED) is 0.519. The highest BCUT2D eigenvalue weighted by Crippen LogP contribution is 2.15. The summed E-state index contributed by atoms with van der Waals surface area (Å²) in [6.45, 7) is 0. The van der Waals surface area contributed by atoms with Crippen molar-refractivity contribution in [1.82, 2.24) is 0 Å². The van der Waals surface area contributed by atoms with Crippen molar-refractivity contribution in [1.29, 1.82) is 0 Å². The van der Waals surface area contributed by atoms with E-state index in [2.05, 4.69) is 17.5 Å². The van der Waals surface area contributed by atoms with E-state index in [9.17, 15) is 8.42 Å². The maximum absolute atomic E-state index is 10.6. The molecule has 1 aromatic carbocycles. The molecule has 0 aliphatic carbocycles. The minimum absolute atomic E-state index is 0.0128. The molecule has 0 heterocycles. The minimum atomic E-state index is -2.44. The Morgan fingerprint density at radius 2 is 2.07 bits per heavy atom. The molecule has 0 aromatic heterocycles. The zero-order valence-corrected chi connectivity index (χ0v) is 8.98. The van der Waals surface area contributed by atoms with Crippen molar-refractivity contribution < 1.29 is 8.42 Å². The predicted molar refractivity (Wildman–Crippen MR) is 60.9 cm³/mol. The molecule has 0 atom stereocenters. The topological polar surface area (TPSA) is 72.2 Å². The van der Waals surface area contributed by atoms with Crippen LogP contribution in [-0.4, -0.2) is 13.5 Å². The molecule has 76 valence electrons. The van der Waals surface area contributed by atoms with Crippen LogP contribution >= 0.6 is 12.2 Å². The monoisotopic (exact) mass is 230 g/mol. The number of rotatable bonds is 3. The molecule has 0 amide bonds. The van der Waals surface area contributed by atoms with Gasteiger partial charge in [0.15, 0.2) is 5.11 Å². The van der Waals surface area contributed by atoms with Crippen molar-refractivity contribution in [3.63, 3.8) is 0 Å². The van der Waals surface area contributed by atoms with Crippen molar-refractivity contribution in [2.24, 2.45) is 5.73 Å². The Balaban J connectivity index is 2.96. The van der Waals surface area contributed by atoms with Gasteiger partial charge in [0.05, 0.1) is 5.75 Å². The van der Waals surface area contributed by atoms with Crippen molar-refractivity contribution >= 4 is 33.7 Å². The van der Waals surface area contributed by atoms with Crippen LogP contribution in [-0.2, 0) is 16.5 Å². The molecule has 6 heteroatoms. The van der Waals surface area contributed by atoms with Gasteiger partial charge >= 0.3 is 0 Å². The third-order valence-electron chi connectivity index (χ3n) is 1.57. The molecular weight excluding hydrogens is 220 g/mol. The molecule has 14 heavy (non-hydrogen) atoms. The van der Waals surface area contributed by atoms with Crippen molar-refractivity contribution in [3.05, 3.63) is 29.8 Å². The molecule has 1 rings (SSSR count). The molecule has 0 fully saturated rings. The second kappa shape index (κ2) is 4.92. The van der Waals surface area contributed by atoms with Crippen molar-refractivity contribution in [2.75, 3.05) is 5.32 Å². The van der Waals surface area contributed by atoms with Gasteiger partial charge in [0.1, 0.15) is 10.7 Å². The molecule has 3 N–H and O–H groups in total. The van der Waals surface area contributed by atoms with E-state index < -0.39 is 10.7 Å². The van der Waals surface area contributed by atoms with Gasteiger partial charge in [0, 0.05) is 5.69 Å². The summed E-state index contributed by atoms with van der Waals surface area (Å²) >= 11 is 4.67. The number of para-hydroxylation sites is 1. The van der Waals surface area contributed by atoms with Gasteiger partial charge in [-0.3, -0.25) is 0 Å². The summed E-state index contributed by atoms with van der Waals surface area (Å²) in [7, 11) is -2.44. The maximum Gasteiger partial charge on any atom is 0.168 e. The second-order valence-electron chi connectivity index (χ2n) is 2.64. The SMILES string of the molecule is NC(=S)Nc1ccccc1C[SH](=O)=O. The summed E-state index contributed by atoms with van der Waals surface area (Å²) in [4.78, 5) is 0. The van der Waals surface area contributed by atoms with Crippen LogP contribution < -0.4 is 11.1 Å². The van der Waals surface area contributed by atoms with Crippen LogP contribution in [0.25, 0.3) is 0 Å². The Kier molecular flexibility index (Phi) is 3.84. The summed E-state index contributed by atoms with van der Waals surface area (Å²) in [5, 5.41) is 2.84. The lowest BCUT2D eigenvalue weighted by molar-refractivity contribution is 0.614. The lowest BCUT2D eigenvalue weighted by Crippen LogP contribution is -2.19. The molecule has 0 aliphatic heterocycles. The van der Waals surface area contributed by atoms with Crippen LogP contribution in [0.15, 0.2) is 24.3 Å². The van der Waals surface area contributed by atoms with Crippen LogP contribution in [0.3, 0.4) is 0 Å². The average Bonchev–Trinajstić information content (AvgIpc) is 2.06. The highest BCUT2D eigenvalue weighted by molar-refractivity contribution is 7.80. The third-order valence-corrected chi connectivity index (χ3v) is 2.28. The third kappa shape index (κ3) is 3.31. The zero-order chi connectivity index (χ0) is 10.6. The molecule has 0 bridgehead atoms. The number of benzene rings is 1. The fraction of sp³-hybridized carbons (Fsp3) is 0.125. The van der Waals surface area contributed by atoms with Crippen molar-refractivity contribution in [3.8, 4) is 0 Å². The minimum Gasteiger partial charge on any atom is -0.376 e. The van der Waals surface area contributed by atoms with Crippen LogP contribution in [0, 0.1) is 0 Å². The van der Waals surface area contributed by atoms with Gasteiger partial charge in [-0.1, -0.05) is 18.2 Å². The summed E-state index contributed by atoms with van der Waals surface area (Å²) in [5.41, 5.74) is 6.60. The Morgan fingerprint density at radius 1 is 1.43 bits per heavy atom. The summed E-state index contributed by atoms with van der Waals surface area (Å²) in [6.07, 6.45) is 0. The molecule has 0 spiro atoms. The van der Waals surface area contributed by atoms with Crippen LogP contribution in [0.2, 0.25) is 0 Å². The lowest BCUT2D eigenvalue weighted by atomic mass is 10.2. The first-order valence-electron chi connectivity index (χ1n) is 3.86. The Bertz CT molecular complexity index is 408. The molecule has 0 unspecified atom stereocenters. The fourth-order valence-corrected chi connectivity index (χ4v) is 1.72. The van der Waals surface area contributed by atoms with E-state index in [-0.39, 0.29) is 10.9 Å². The van der Waals surface area contributed by atoms with E-state index in [4.69, 9.17) is 5.73 Å². The first kappa shape index (κ1) is 10.9. The molecule has 4 nitrogen and oxygen atoms in total. The highest BCUT2D eigenvalue weighted by Gasteiger charge is 2.02. The first-order valence-corrected chi connectivity index (χ1v) is 5.63. The molecule has 0 aliphatic rings. The number of nitrogens with one attached hydrogen (secondary N) is 1. The fourth-order valence-electron chi connectivity index (χ4n) is 1.05. The van der Waals surface area contributed by atoms with Gasteiger partial charge in [0.25, 0.3) is 0 Å². The number of anilines is 1. The van der Waals surface area contributed by atoms with E-state index >= 15 is 0 Å². The summed E-state index contributed by atoms with van der Waals surface area (Å²) in [6, 6.07) is 6.99. The van der Waals surface area contributed by atoms with E-state index in [1.54, 1.807) is 24.3 Å². The highest BCUT2D eigenvalue weighted by atomic mass is 32.2. The Hall–Kier alpha value is -1.14. The molecule has 0 saturated heterocycles. The van der Waals surface area contributed by atoms with Gasteiger partial charge in [-0.05, 0) is 23.8 Å². The molecule has 1 aromatic rings. The van der Waals surface area contributed by atoms with E-state index in [1.165, 1.54) is 0 Å². The summed E-state index contributed by atoms with van der Waals surface area (Å²) in [5.74, 6) is -0.0128. The number of hydrogen-bond donors (Lipinski definition) is 3. The number of nitrogens with two attached hydrogens (primary N) is 1. The Morgan fingerprint density at radius 3 is 2.64 bits per heavy atom. The van der Waals surface area contributed by atoms with Crippen LogP contribution in [0.4, 0.5) is 5.69 Å². The standard InChI is InChI=1S/C8H10N2O2S2/c9-8(13)10-7-4-2-1-3-6(7)5-14(11)12/h1-4,14H,5H2,(H3,9,10,13). The second-order valence-corrected chi connectivity index (χ2v) is 4.06. The largest absolute Gasteiger partial charge is 0.376 e. The van der Waals surface area contributed by atoms with Crippen molar-refractivity contribution in [2.45, 2.75) is 5.75 Å². The van der Waals surface area contributed by atoms with E-state index in [1.807, 2.05) is 0 Å². The summed E-state index contributed by atoms with van der Waals surface area (Å²) < 4.78 is 21.1. The average molecular weight is 230 g/mol. The van der Waals surface area contributed by atoms with Gasteiger partial charge in [-0.2, -0.15) is 0 Å². The predicted octanol–water partition coefficient (Wildman–Crippen LogP) is 0.454. The first-order chi connectivity index (χ1) is 6.59.